The van der Waals surface area contributed by atoms with Crippen LogP contribution in [0.5, 0.6) is 0 Å². The van der Waals surface area contributed by atoms with Gasteiger partial charge in [0.15, 0.2) is 0 Å². The van der Waals surface area contributed by atoms with E-state index in [0.29, 0.717) is 0 Å². The molecule has 0 radical (unpaired) electrons. The fraction of sp³-hybridized carbons (Fsp3) is 0.300. The molecule has 1 fully saturated rings. The smallest absolute Gasteiger partial charge is 0.0571 e. The van der Waals surface area contributed by atoms with Gasteiger partial charge in [-0.3, -0.25) is 0 Å². The summed E-state index contributed by atoms with van der Waals surface area (Å²) >= 11 is 0. The topological polar surface area (TPSA) is 15.3 Å². The van der Waals surface area contributed by atoms with E-state index in [9.17, 15) is 0 Å². The van der Waals surface area contributed by atoms with Gasteiger partial charge >= 0.3 is 0 Å². The molecule has 2 aromatic carbocycles. The predicted octanol–water partition coefficient (Wildman–Crippen LogP) is 4.39. The molecule has 0 saturated carbocycles. The lowest BCUT2D eigenvalue weighted by atomic mass is 9.86. The van der Waals surface area contributed by atoms with Crippen molar-refractivity contribution in [1.29, 1.82) is 0 Å². The minimum Gasteiger partial charge on any atom is -0.304 e. The van der Waals surface area contributed by atoms with Crippen LogP contribution in [0.2, 0.25) is 0 Å². The maximum Gasteiger partial charge on any atom is 0.0571 e. The van der Waals surface area contributed by atoms with Gasteiger partial charge in [-0.2, -0.15) is 0 Å². The number of hydrazine groups is 1. The fourth-order valence-corrected chi connectivity index (χ4v) is 2.71. The second-order valence-corrected chi connectivity index (χ2v) is 6.93. The highest BCUT2D eigenvalue weighted by molar-refractivity contribution is 5.58. The van der Waals surface area contributed by atoms with Crippen LogP contribution in [-0.4, -0.2) is 13.1 Å². The van der Waals surface area contributed by atoms with Crippen LogP contribution in [0, 0.1) is 0 Å². The third kappa shape index (κ3) is 3.40. The summed E-state index contributed by atoms with van der Waals surface area (Å²) in [6.45, 7) is 8.60. The molecule has 2 aromatic rings. The highest BCUT2D eigenvalue weighted by atomic mass is 15.5. The van der Waals surface area contributed by atoms with Crippen molar-refractivity contribution in [2.24, 2.45) is 0 Å². The second kappa shape index (κ2) is 5.98. The van der Waals surface area contributed by atoms with E-state index in [1.165, 1.54) is 22.4 Å². The number of benzene rings is 2. The van der Waals surface area contributed by atoms with Crippen LogP contribution >= 0.6 is 0 Å². The van der Waals surface area contributed by atoms with Gasteiger partial charge in [0, 0.05) is 6.54 Å². The molecule has 0 aromatic heterocycles. The van der Waals surface area contributed by atoms with E-state index in [4.69, 9.17) is 0 Å². The van der Waals surface area contributed by atoms with E-state index < -0.39 is 0 Å². The van der Waals surface area contributed by atoms with Gasteiger partial charge in [0.2, 0.25) is 0 Å². The lowest BCUT2D eigenvalue weighted by Crippen LogP contribution is -2.30. The number of nitrogens with zero attached hydrogens (tertiary/aromatic N) is 1. The number of rotatable bonds is 2. The first-order chi connectivity index (χ1) is 10.5. The van der Waals surface area contributed by atoms with E-state index in [-0.39, 0.29) is 5.41 Å². The zero-order valence-corrected chi connectivity index (χ0v) is 13.6. The van der Waals surface area contributed by atoms with Gasteiger partial charge in [0.05, 0.1) is 12.2 Å². The Balaban J connectivity index is 1.71. The van der Waals surface area contributed by atoms with Crippen molar-refractivity contribution in [2.75, 3.05) is 18.1 Å². The first-order valence-corrected chi connectivity index (χ1v) is 7.88. The summed E-state index contributed by atoms with van der Waals surface area (Å²) < 4.78 is 0. The average molecular weight is 292 g/mol. The van der Waals surface area contributed by atoms with Gasteiger partial charge in [-0.25, -0.2) is 5.43 Å². The first kappa shape index (κ1) is 14.9. The number of hydrogen-bond donors (Lipinski definition) is 1. The Morgan fingerprint density at radius 2 is 1.64 bits per heavy atom. The summed E-state index contributed by atoms with van der Waals surface area (Å²) in [5.41, 5.74) is 8.94. The Morgan fingerprint density at radius 3 is 2.27 bits per heavy atom. The Morgan fingerprint density at radius 1 is 0.955 bits per heavy atom. The molecule has 1 saturated heterocycles. The summed E-state index contributed by atoms with van der Waals surface area (Å²) in [5, 5.41) is 2.20. The molecule has 1 heterocycles. The number of para-hydroxylation sites is 1. The predicted molar refractivity (Wildman–Crippen MR) is 94.9 cm³/mol. The molecule has 0 aliphatic carbocycles. The van der Waals surface area contributed by atoms with Crippen molar-refractivity contribution in [1.82, 2.24) is 5.43 Å². The lowest BCUT2D eigenvalue weighted by Gasteiger charge is -2.18. The van der Waals surface area contributed by atoms with Crippen molar-refractivity contribution >= 4 is 11.8 Å². The van der Waals surface area contributed by atoms with Crippen molar-refractivity contribution < 1.29 is 0 Å². The van der Waals surface area contributed by atoms with Crippen LogP contribution in [-0.2, 0) is 5.41 Å². The third-order valence-corrected chi connectivity index (χ3v) is 4.07. The van der Waals surface area contributed by atoms with Crippen LogP contribution in [0.15, 0.2) is 60.2 Å². The molecule has 1 aliphatic rings. The maximum atomic E-state index is 3.44. The summed E-state index contributed by atoms with van der Waals surface area (Å²) in [6.07, 6.45) is 2.29. The van der Waals surface area contributed by atoms with Crippen LogP contribution < -0.4 is 10.4 Å². The Kier molecular flexibility index (Phi) is 4.04. The van der Waals surface area contributed by atoms with Crippen molar-refractivity contribution in [3.8, 4) is 0 Å². The van der Waals surface area contributed by atoms with Crippen LogP contribution in [0.4, 0.5) is 5.69 Å². The van der Waals surface area contributed by atoms with Gasteiger partial charge in [-0.1, -0.05) is 69.3 Å². The molecule has 22 heavy (non-hydrogen) atoms. The second-order valence-electron chi connectivity index (χ2n) is 6.93. The van der Waals surface area contributed by atoms with Crippen LogP contribution in [0.25, 0.3) is 6.08 Å². The molecule has 2 heteroatoms. The normalized spacial score (nSPS) is 17.2. The Bertz CT molecular complexity index is 648. The van der Waals surface area contributed by atoms with Crippen molar-refractivity contribution in [3.05, 3.63) is 71.3 Å². The van der Waals surface area contributed by atoms with E-state index >= 15 is 0 Å². The molecule has 3 rings (SSSR count). The minimum atomic E-state index is 0.213. The van der Waals surface area contributed by atoms with E-state index in [1.807, 2.05) is 6.07 Å². The van der Waals surface area contributed by atoms with Crippen molar-refractivity contribution in [3.63, 3.8) is 0 Å². The molecule has 0 unspecified atom stereocenters. The van der Waals surface area contributed by atoms with Crippen molar-refractivity contribution in [2.45, 2.75) is 26.2 Å². The zero-order chi connectivity index (χ0) is 15.6. The quantitative estimate of drug-likeness (QED) is 0.883. The van der Waals surface area contributed by atoms with E-state index in [1.54, 1.807) is 0 Å². The standard InChI is InChI=1S/C20H24N2/c1-20(2,3)18-11-9-16(10-12-18)13-17-14-21-22(15-17)19-7-5-4-6-8-19/h4-13,21H,14-15H2,1-3H3. The number of hydrogen-bond acceptors (Lipinski definition) is 2. The molecule has 2 nitrogen and oxygen atoms in total. The summed E-state index contributed by atoms with van der Waals surface area (Å²) in [7, 11) is 0. The molecule has 1 aliphatic heterocycles. The monoisotopic (exact) mass is 292 g/mol. The highest BCUT2D eigenvalue weighted by Crippen LogP contribution is 2.23. The van der Waals surface area contributed by atoms with Gasteiger partial charge in [0.1, 0.15) is 0 Å². The third-order valence-electron chi connectivity index (χ3n) is 4.07. The molecule has 1 N–H and O–H groups in total. The zero-order valence-electron chi connectivity index (χ0n) is 13.6. The molecular weight excluding hydrogens is 268 g/mol. The van der Waals surface area contributed by atoms with Gasteiger partial charge in [0.25, 0.3) is 0 Å². The fourth-order valence-electron chi connectivity index (χ4n) is 2.71. The summed E-state index contributed by atoms with van der Waals surface area (Å²) in [4.78, 5) is 0. The van der Waals surface area contributed by atoms with Gasteiger partial charge in [-0.15, -0.1) is 0 Å². The SMILES string of the molecule is CC(C)(C)c1ccc(C=C2CNN(c3ccccc3)C2)cc1. The number of anilines is 1. The Hall–Kier alpha value is -2.06. The average Bonchev–Trinajstić information content (AvgIpc) is 2.96. The molecule has 114 valence electrons. The molecule has 0 spiro atoms. The molecular formula is C20H24N2. The first-order valence-electron chi connectivity index (χ1n) is 7.88. The minimum absolute atomic E-state index is 0.213. The largest absolute Gasteiger partial charge is 0.304 e. The van der Waals surface area contributed by atoms with Crippen LogP contribution in [0.1, 0.15) is 31.9 Å². The maximum absolute atomic E-state index is 3.44. The van der Waals surface area contributed by atoms with Gasteiger partial charge < -0.3 is 5.01 Å². The molecule has 0 bridgehead atoms. The summed E-state index contributed by atoms with van der Waals surface area (Å²) in [6, 6.07) is 19.4. The van der Waals surface area contributed by atoms with E-state index in [0.717, 1.165) is 13.1 Å². The highest BCUT2D eigenvalue weighted by Gasteiger charge is 2.16. The van der Waals surface area contributed by atoms with E-state index in [2.05, 4.69) is 85.8 Å². The Labute approximate surface area is 133 Å². The molecule has 0 amide bonds. The van der Waals surface area contributed by atoms with Crippen LogP contribution in [0.3, 0.4) is 0 Å². The summed E-state index contributed by atoms with van der Waals surface area (Å²) in [5.74, 6) is 0. The molecule has 0 atom stereocenters. The van der Waals surface area contributed by atoms with Gasteiger partial charge in [-0.05, 0) is 34.2 Å². The number of nitrogens with one attached hydrogen (secondary N) is 1. The lowest BCUT2D eigenvalue weighted by molar-refractivity contribution is 0.590.